The lowest BCUT2D eigenvalue weighted by Gasteiger charge is -2.18. The number of aryl methyl sites for hydroxylation is 1. The third-order valence-corrected chi connectivity index (χ3v) is 6.59. The summed E-state index contributed by atoms with van der Waals surface area (Å²) in [7, 11) is -3.60. The first kappa shape index (κ1) is 20.3. The van der Waals surface area contributed by atoms with Gasteiger partial charge in [-0.3, -0.25) is 4.79 Å². The molecule has 1 aliphatic heterocycles. The molecule has 0 aliphatic carbocycles. The normalized spacial score (nSPS) is 13.3. The zero-order valence-electron chi connectivity index (χ0n) is 16.4. The smallest absolute Gasteiger partial charge is 0.258 e. The number of benzene rings is 3. The van der Waals surface area contributed by atoms with Crippen LogP contribution >= 0.6 is 0 Å². The van der Waals surface area contributed by atoms with E-state index in [1.807, 2.05) is 25.1 Å². The topological polar surface area (TPSA) is 66.5 Å². The fourth-order valence-electron chi connectivity index (χ4n) is 3.50. The fourth-order valence-corrected chi connectivity index (χ4v) is 4.52. The van der Waals surface area contributed by atoms with Crippen LogP contribution in [-0.2, 0) is 23.0 Å². The third kappa shape index (κ3) is 4.13. The maximum absolute atomic E-state index is 13.1. The van der Waals surface area contributed by atoms with Crippen molar-refractivity contribution >= 4 is 21.6 Å². The van der Waals surface area contributed by atoms with Gasteiger partial charge >= 0.3 is 0 Å². The Morgan fingerprint density at radius 3 is 2.43 bits per heavy atom. The first-order valence-electron chi connectivity index (χ1n) is 9.59. The van der Waals surface area contributed by atoms with Crippen molar-refractivity contribution in [3.05, 3.63) is 94.8 Å². The number of hydrogen-bond acceptors (Lipinski definition) is 3. The molecule has 0 unspecified atom stereocenters. The van der Waals surface area contributed by atoms with Gasteiger partial charge in [0.05, 0.1) is 4.90 Å². The summed E-state index contributed by atoms with van der Waals surface area (Å²) in [5, 5.41) is 0. The van der Waals surface area contributed by atoms with Crippen molar-refractivity contribution in [3.8, 4) is 0 Å². The van der Waals surface area contributed by atoms with Gasteiger partial charge < -0.3 is 4.90 Å². The van der Waals surface area contributed by atoms with Gasteiger partial charge in [0, 0.05) is 24.3 Å². The molecule has 30 heavy (non-hydrogen) atoms. The Kier molecular flexibility index (Phi) is 5.40. The second-order valence-corrected chi connectivity index (χ2v) is 9.08. The Morgan fingerprint density at radius 1 is 1.03 bits per heavy atom. The van der Waals surface area contributed by atoms with E-state index in [0.29, 0.717) is 18.5 Å². The van der Waals surface area contributed by atoms with Crippen LogP contribution in [0.3, 0.4) is 0 Å². The van der Waals surface area contributed by atoms with Crippen molar-refractivity contribution in [2.75, 3.05) is 11.4 Å². The molecule has 4 rings (SSSR count). The molecule has 154 valence electrons. The van der Waals surface area contributed by atoms with Crippen molar-refractivity contribution in [1.82, 2.24) is 4.72 Å². The number of carbonyl (C=O) groups is 1. The SMILES string of the molecule is Cc1ccc(S(=O)(=O)NCc2ccc3c(c2)CCN3C(=O)c2ccc(F)cc2)cc1. The highest BCUT2D eigenvalue weighted by Gasteiger charge is 2.26. The Balaban J connectivity index is 1.48. The van der Waals surface area contributed by atoms with Gasteiger partial charge in [-0.05, 0) is 66.9 Å². The van der Waals surface area contributed by atoms with Crippen molar-refractivity contribution in [1.29, 1.82) is 0 Å². The summed E-state index contributed by atoms with van der Waals surface area (Å²) in [6, 6.07) is 17.7. The minimum atomic E-state index is -3.60. The van der Waals surface area contributed by atoms with Crippen LogP contribution in [0.5, 0.6) is 0 Å². The number of nitrogens with zero attached hydrogens (tertiary/aromatic N) is 1. The average Bonchev–Trinajstić information content (AvgIpc) is 3.16. The minimum Gasteiger partial charge on any atom is -0.308 e. The van der Waals surface area contributed by atoms with Crippen molar-refractivity contribution < 1.29 is 17.6 Å². The van der Waals surface area contributed by atoms with Crippen LogP contribution in [0.2, 0.25) is 0 Å². The van der Waals surface area contributed by atoms with E-state index in [0.717, 1.165) is 22.4 Å². The maximum atomic E-state index is 13.1. The number of rotatable bonds is 5. The highest BCUT2D eigenvalue weighted by atomic mass is 32.2. The van der Waals surface area contributed by atoms with Gasteiger partial charge in [-0.25, -0.2) is 17.5 Å². The van der Waals surface area contributed by atoms with Crippen LogP contribution in [0.15, 0.2) is 71.6 Å². The lowest BCUT2D eigenvalue weighted by atomic mass is 10.1. The van der Waals surface area contributed by atoms with Crippen molar-refractivity contribution in [3.63, 3.8) is 0 Å². The molecular weight excluding hydrogens is 403 g/mol. The standard InChI is InChI=1S/C23H21FN2O3S/c1-16-2-9-21(10-3-16)30(28,29)25-15-17-4-11-22-19(14-17)12-13-26(22)23(27)18-5-7-20(24)8-6-18/h2-11,14,25H,12-13,15H2,1H3. The molecule has 1 heterocycles. The summed E-state index contributed by atoms with van der Waals surface area (Å²) in [6.07, 6.45) is 0.681. The summed E-state index contributed by atoms with van der Waals surface area (Å²) < 4.78 is 40.7. The number of fused-ring (bicyclic) bond motifs is 1. The van der Waals surface area contributed by atoms with Gasteiger partial charge in [0.25, 0.3) is 5.91 Å². The van der Waals surface area contributed by atoms with Crippen LogP contribution in [0, 0.1) is 12.7 Å². The summed E-state index contributed by atoms with van der Waals surface area (Å²) in [5.41, 5.74) is 4.03. The molecule has 0 aromatic heterocycles. The molecule has 3 aromatic carbocycles. The van der Waals surface area contributed by atoms with E-state index in [1.54, 1.807) is 29.2 Å². The van der Waals surface area contributed by atoms with Crippen LogP contribution in [0.1, 0.15) is 27.0 Å². The largest absolute Gasteiger partial charge is 0.308 e. The maximum Gasteiger partial charge on any atom is 0.258 e. The predicted molar refractivity (Wildman–Crippen MR) is 113 cm³/mol. The number of hydrogen-bond donors (Lipinski definition) is 1. The van der Waals surface area contributed by atoms with Gasteiger partial charge in [0.1, 0.15) is 5.82 Å². The summed E-state index contributed by atoms with van der Waals surface area (Å²) in [6.45, 7) is 2.60. The lowest BCUT2D eigenvalue weighted by Crippen LogP contribution is -2.28. The second kappa shape index (κ2) is 8.01. The zero-order valence-corrected chi connectivity index (χ0v) is 17.2. The number of sulfonamides is 1. The van der Waals surface area contributed by atoms with Crippen LogP contribution < -0.4 is 9.62 Å². The predicted octanol–water partition coefficient (Wildman–Crippen LogP) is 3.82. The van der Waals surface area contributed by atoms with Gasteiger partial charge in [-0.1, -0.05) is 29.8 Å². The molecule has 1 N–H and O–H groups in total. The number of halogens is 1. The van der Waals surface area contributed by atoms with Gasteiger partial charge in [0.15, 0.2) is 0 Å². The second-order valence-electron chi connectivity index (χ2n) is 7.31. The van der Waals surface area contributed by atoms with E-state index in [-0.39, 0.29) is 23.2 Å². The summed E-state index contributed by atoms with van der Waals surface area (Å²) in [5.74, 6) is -0.562. The van der Waals surface area contributed by atoms with Crippen LogP contribution in [0.4, 0.5) is 10.1 Å². The molecule has 1 amide bonds. The Labute approximate surface area is 175 Å². The van der Waals surface area contributed by atoms with E-state index in [2.05, 4.69) is 4.72 Å². The zero-order chi connectivity index (χ0) is 21.3. The molecule has 0 atom stereocenters. The molecule has 0 spiro atoms. The Hall–Kier alpha value is -3.03. The number of anilines is 1. The third-order valence-electron chi connectivity index (χ3n) is 5.17. The summed E-state index contributed by atoms with van der Waals surface area (Å²) >= 11 is 0. The van der Waals surface area contributed by atoms with Gasteiger partial charge in [-0.2, -0.15) is 0 Å². The number of nitrogens with one attached hydrogen (secondary N) is 1. The molecule has 0 radical (unpaired) electrons. The van der Waals surface area contributed by atoms with Crippen LogP contribution in [0.25, 0.3) is 0 Å². The van der Waals surface area contributed by atoms with E-state index in [9.17, 15) is 17.6 Å². The molecular formula is C23H21FN2O3S. The molecule has 7 heteroatoms. The van der Waals surface area contributed by atoms with Crippen LogP contribution in [-0.4, -0.2) is 20.9 Å². The molecule has 0 saturated carbocycles. The molecule has 5 nitrogen and oxygen atoms in total. The number of carbonyl (C=O) groups excluding carboxylic acids is 1. The molecule has 0 saturated heterocycles. The Bertz CT molecular complexity index is 1190. The number of amides is 1. The van der Waals surface area contributed by atoms with Gasteiger partial charge in [0.2, 0.25) is 10.0 Å². The van der Waals surface area contributed by atoms with Crippen molar-refractivity contribution in [2.45, 2.75) is 24.8 Å². The molecule has 1 aliphatic rings. The van der Waals surface area contributed by atoms with E-state index in [1.165, 1.54) is 24.3 Å². The fraction of sp³-hybridized carbons (Fsp3) is 0.174. The highest BCUT2D eigenvalue weighted by molar-refractivity contribution is 7.89. The molecule has 0 fully saturated rings. The first-order chi connectivity index (χ1) is 14.3. The highest BCUT2D eigenvalue weighted by Crippen LogP contribution is 2.30. The monoisotopic (exact) mass is 424 g/mol. The molecule has 0 bridgehead atoms. The quantitative estimate of drug-likeness (QED) is 0.677. The Morgan fingerprint density at radius 2 is 1.73 bits per heavy atom. The van der Waals surface area contributed by atoms with Gasteiger partial charge in [-0.15, -0.1) is 0 Å². The van der Waals surface area contributed by atoms with E-state index < -0.39 is 10.0 Å². The summed E-state index contributed by atoms with van der Waals surface area (Å²) in [4.78, 5) is 14.7. The van der Waals surface area contributed by atoms with E-state index >= 15 is 0 Å². The lowest BCUT2D eigenvalue weighted by molar-refractivity contribution is 0.0989. The van der Waals surface area contributed by atoms with E-state index in [4.69, 9.17) is 0 Å². The van der Waals surface area contributed by atoms with Crippen molar-refractivity contribution in [2.24, 2.45) is 0 Å². The molecule has 3 aromatic rings. The minimum absolute atomic E-state index is 0.162. The average molecular weight is 424 g/mol. The first-order valence-corrected chi connectivity index (χ1v) is 11.1.